The van der Waals surface area contributed by atoms with Crippen LogP contribution in [-0.4, -0.2) is 13.3 Å². The maximum atomic E-state index is 13.2. The first-order valence-electron chi connectivity index (χ1n) is 5.52. The fourth-order valence-corrected chi connectivity index (χ4v) is 2.64. The molecular weight excluding hydrogens is 306 g/mol. The number of rotatable bonds is 4. The zero-order chi connectivity index (χ0) is 15.6. The largest absolute Gasteiger partial charge is 0.306 e. The van der Waals surface area contributed by atoms with E-state index in [9.17, 15) is 27.3 Å². The standard InChI is InChI=1S/C12H8F2N2O4S/c13-8-2-1-3-10(6-8)21(19,20)15-9-4-5-11(14)12(7-9)16(17)18/h1-7,15H. The van der Waals surface area contributed by atoms with Crippen LogP contribution < -0.4 is 4.72 Å². The molecular formula is C12H8F2N2O4S. The monoisotopic (exact) mass is 314 g/mol. The molecule has 0 aliphatic carbocycles. The molecule has 6 nitrogen and oxygen atoms in total. The van der Waals surface area contributed by atoms with Crippen LogP contribution >= 0.6 is 0 Å². The van der Waals surface area contributed by atoms with Gasteiger partial charge < -0.3 is 0 Å². The number of benzene rings is 2. The minimum Gasteiger partial charge on any atom is -0.279 e. The molecule has 9 heteroatoms. The summed E-state index contributed by atoms with van der Waals surface area (Å²) in [4.78, 5) is 9.26. The van der Waals surface area contributed by atoms with Crippen molar-refractivity contribution in [2.75, 3.05) is 4.72 Å². The number of nitrogens with zero attached hydrogens (tertiary/aromatic N) is 1. The third-order valence-corrected chi connectivity index (χ3v) is 3.88. The topological polar surface area (TPSA) is 89.3 Å². The SMILES string of the molecule is O=[N+]([O-])c1cc(NS(=O)(=O)c2cccc(F)c2)ccc1F. The summed E-state index contributed by atoms with van der Waals surface area (Å²) in [6, 6.07) is 6.76. The van der Waals surface area contributed by atoms with Gasteiger partial charge in [0.15, 0.2) is 0 Å². The summed E-state index contributed by atoms with van der Waals surface area (Å²) in [7, 11) is -4.13. The first-order valence-corrected chi connectivity index (χ1v) is 7.00. The fraction of sp³-hybridized carbons (Fsp3) is 0. The van der Waals surface area contributed by atoms with E-state index in [1.807, 2.05) is 4.72 Å². The highest BCUT2D eigenvalue weighted by molar-refractivity contribution is 7.92. The smallest absolute Gasteiger partial charge is 0.279 e. The number of nitro benzene ring substituents is 1. The van der Waals surface area contributed by atoms with Crippen LogP contribution in [0.15, 0.2) is 47.4 Å². The van der Waals surface area contributed by atoms with Gasteiger partial charge in [-0.3, -0.25) is 14.8 Å². The van der Waals surface area contributed by atoms with Gasteiger partial charge in [-0.25, -0.2) is 12.8 Å². The fourth-order valence-electron chi connectivity index (χ4n) is 1.56. The predicted molar refractivity (Wildman–Crippen MR) is 70.3 cm³/mol. The minimum absolute atomic E-state index is 0.202. The van der Waals surface area contributed by atoms with Crippen molar-refractivity contribution in [1.82, 2.24) is 0 Å². The number of nitro groups is 1. The quantitative estimate of drug-likeness (QED) is 0.694. The summed E-state index contributed by atoms with van der Waals surface area (Å²) in [6.45, 7) is 0. The summed E-state index contributed by atoms with van der Waals surface area (Å²) in [5.41, 5.74) is -1.07. The third-order valence-electron chi connectivity index (χ3n) is 2.50. The molecule has 0 atom stereocenters. The van der Waals surface area contributed by atoms with Gasteiger partial charge in [0.1, 0.15) is 5.82 Å². The van der Waals surface area contributed by atoms with Crippen LogP contribution in [-0.2, 0) is 10.0 Å². The molecule has 2 aromatic carbocycles. The van der Waals surface area contributed by atoms with Crippen molar-refractivity contribution in [3.8, 4) is 0 Å². The van der Waals surface area contributed by atoms with Gasteiger partial charge in [-0.1, -0.05) is 6.07 Å². The van der Waals surface area contributed by atoms with Gasteiger partial charge in [0.05, 0.1) is 15.5 Å². The van der Waals surface area contributed by atoms with E-state index in [2.05, 4.69) is 0 Å². The van der Waals surface area contributed by atoms with Gasteiger partial charge >= 0.3 is 5.69 Å². The molecule has 0 aromatic heterocycles. The van der Waals surface area contributed by atoms with E-state index in [0.29, 0.717) is 0 Å². The summed E-state index contributed by atoms with van der Waals surface area (Å²) >= 11 is 0. The molecule has 1 N–H and O–H groups in total. The first kappa shape index (κ1) is 14.9. The molecule has 110 valence electrons. The molecule has 0 saturated carbocycles. The molecule has 0 radical (unpaired) electrons. The molecule has 2 aromatic rings. The number of sulfonamides is 1. The minimum atomic E-state index is -4.13. The van der Waals surface area contributed by atoms with Gasteiger partial charge in [-0.15, -0.1) is 0 Å². The Bertz CT molecular complexity index is 809. The Balaban J connectivity index is 2.37. The zero-order valence-corrected chi connectivity index (χ0v) is 11.1. The second-order valence-electron chi connectivity index (χ2n) is 3.99. The summed E-state index contributed by atoms with van der Waals surface area (Å²) in [6.07, 6.45) is 0. The van der Waals surface area contributed by atoms with Crippen molar-refractivity contribution in [2.45, 2.75) is 4.90 Å². The molecule has 0 amide bonds. The molecule has 0 fully saturated rings. The second-order valence-corrected chi connectivity index (χ2v) is 5.67. The van der Waals surface area contributed by atoms with Crippen LogP contribution in [0.25, 0.3) is 0 Å². The molecule has 0 heterocycles. The van der Waals surface area contributed by atoms with Crippen molar-refractivity contribution in [3.05, 3.63) is 64.2 Å². The first-order chi connectivity index (χ1) is 9.79. The normalized spacial score (nSPS) is 11.1. The zero-order valence-electron chi connectivity index (χ0n) is 10.3. The van der Waals surface area contributed by atoms with E-state index >= 15 is 0 Å². The van der Waals surface area contributed by atoms with E-state index < -0.39 is 32.3 Å². The van der Waals surface area contributed by atoms with Crippen molar-refractivity contribution in [1.29, 1.82) is 0 Å². The second kappa shape index (κ2) is 5.44. The predicted octanol–water partition coefficient (Wildman–Crippen LogP) is 2.67. The van der Waals surface area contributed by atoms with Gasteiger partial charge in [0.25, 0.3) is 10.0 Å². The summed E-state index contributed by atoms with van der Waals surface area (Å²) < 4.78 is 52.2. The van der Waals surface area contributed by atoms with Crippen LogP contribution in [0.3, 0.4) is 0 Å². The summed E-state index contributed by atoms with van der Waals surface area (Å²) in [5, 5.41) is 10.6. The number of hydrogen-bond donors (Lipinski definition) is 1. The Morgan fingerprint density at radius 1 is 1.10 bits per heavy atom. The number of hydrogen-bond acceptors (Lipinski definition) is 4. The van der Waals surface area contributed by atoms with E-state index in [0.717, 1.165) is 36.4 Å². The Morgan fingerprint density at radius 2 is 1.81 bits per heavy atom. The van der Waals surface area contributed by atoms with Crippen LogP contribution in [0, 0.1) is 21.7 Å². The van der Waals surface area contributed by atoms with Crippen LogP contribution in [0.2, 0.25) is 0 Å². The van der Waals surface area contributed by atoms with Gasteiger partial charge in [0, 0.05) is 6.07 Å². The van der Waals surface area contributed by atoms with Crippen LogP contribution in [0.1, 0.15) is 0 Å². The summed E-state index contributed by atoms with van der Waals surface area (Å²) in [5.74, 6) is -1.84. The molecule has 2 rings (SSSR count). The van der Waals surface area contributed by atoms with Crippen LogP contribution in [0.5, 0.6) is 0 Å². The van der Waals surface area contributed by atoms with E-state index in [1.165, 1.54) is 6.07 Å². The van der Waals surface area contributed by atoms with Crippen molar-refractivity contribution in [3.63, 3.8) is 0 Å². The Labute approximate surface area is 118 Å². The average molecular weight is 314 g/mol. The number of nitrogens with one attached hydrogen (secondary N) is 1. The highest BCUT2D eigenvalue weighted by atomic mass is 32.2. The highest BCUT2D eigenvalue weighted by Gasteiger charge is 2.19. The maximum Gasteiger partial charge on any atom is 0.306 e. The molecule has 0 aliphatic heterocycles. The Morgan fingerprint density at radius 3 is 2.43 bits per heavy atom. The van der Waals surface area contributed by atoms with Crippen molar-refractivity contribution < 1.29 is 22.1 Å². The lowest BCUT2D eigenvalue weighted by Gasteiger charge is -2.08. The maximum absolute atomic E-state index is 13.2. The number of halogens is 2. The van der Waals surface area contributed by atoms with Gasteiger partial charge in [-0.2, -0.15) is 4.39 Å². The lowest BCUT2D eigenvalue weighted by molar-refractivity contribution is -0.387. The lowest BCUT2D eigenvalue weighted by Crippen LogP contribution is -2.13. The molecule has 0 bridgehead atoms. The highest BCUT2D eigenvalue weighted by Crippen LogP contribution is 2.24. The van der Waals surface area contributed by atoms with E-state index in [4.69, 9.17) is 0 Å². The molecule has 21 heavy (non-hydrogen) atoms. The van der Waals surface area contributed by atoms with Gasteiger partial charge in [-0.05, 0) is 30.3 Å². The Kier molecular flexibility index (Phi) is 3.85. The van der Waals surface area contributed by atoms with Crippen LogP contribution in [0.4, 0.5) is 20.2 Å². The van der Waals surface area contributed by atoms with Gasteiger partial charge in [0.2, 0.25) is 5.82 Å². The molecule has 0 spiro atoms. The van der Waals surface area contributed by atoms with E-state index in [1.54, 1.807) is 0 Å². The molecule has 0 saturated heterocycles. The average Bonchev–Trinajstić information content (AvgIpc) is 2.40. The van der Waals surface area contributed by atoms with E-state index in [-0.39, 0.29) is 10.6 Å². The molecule has 0 unspecified atom stereocenters. The number of anilines is 1. The molecule has 0 aliphatic rings. The lowest BCUT2D eigenvalue weighted by atomic mass is 10.3. The Hall–Kier alpha value is -2.55. The van der Waals surface area contributed by atoms with Crippen molar-refractivity contribution >= 4 is 21.4 Å². The third kappa shape index (κ3) is 3.31. The van der Waals surface area contributed by atoms with Crippen molar-refractivity contribution in [2.24, 2.45) is 0 Å².